The first-order valence-corrected chi connectivity index (χ1v) is 5.54. The highest BCUT2D eigenvalue weighted by Crippen LogP contribution is 2.17. The van der Waals surface area contributed by atoms with Crippen molar-refractivity contribution in [2.45, 2.75) is 13.5 Å². The van der Waals surface area contributed by atoms with E-state index < -0.39 is 0 Å². The van der Waals surface area contributed by atoms with Crippen LogP contribution >= 0.6 is 0 Å². The maximum Gasteiger partial charge on any atom is 0.168 e. The first-order chi connectivity index (χ1) is 8.67. The van der Waals surface area contributed by atoms with Gasteiger partial charge in [-0.05, 0) is 31.2 Å². The third kappa shape index (κ3) is 3.10. The predicted molar refractivity (Wildman–Crippen MR) is 68.5 cm³/mol. The molecule has 94 valence electrons. The standard InChI is InChI=1S/C13H15N3O2/c1-9-7-12(14)16-13(15-9)8-18-11-5-3-10(17-2)4-6-11/h3-7H,8H2,1-2H3,(H2,14,15,16). The molecule has 0 atom stereocenters. The van der Waals surface area contributed by atoms with E-state index in [1.54, 1.807) is 13.2 Å². The number of benzene rings is 1. The maximum absolute atomic E-state index is 5.64. The molecule has 0 bridgehead atoms. The summed E-state index contributed by atoms with van der Waals surface area (Å²) in [4.78, 5) is 8.34. The Morgan fingerprint density at radius 2 is 1.78 bits per heavy atom. The molecule has 0 saturated heterocycles. The van der Waals surface area contributed by atoms with Gasteiger partial charge in [-0.15, -0.1) is 0 Å². The molecule has 1 heterocycles. The van der Waals surface area contributed by atoms with E-state index in [2.05, 4.69) is 9.97 Å². The summed E-state index contributed by atoms with van der Waals surface area (Å²) in [5, 5.41) is 0. The molecule has 0 aliphatic heterocycles. The SMILES string of the molecule is COc1ccc(OCc2nc(C)cc(N)n2)cc1. The Morgan fingerprint density at radius 3 is 2.39 bits per heavy atom. The molecule has 5 heteroatoms. The van der Waals surface area contributed by atoms with E-state index in [0.717, 1.165) is 17.2 Å². The van der Waals surface area contributed by atoms with Crippen molar-refractivity contribution in [3.8, 4) is 11.5 Å². The fourth-order valence-corrected chi connectivity index (χ4v) is 1.54. The molecule has 1 aromatic carbocycles. The Kier molecular flexibility index (Phi) is 3.62. The molecule has 2 N–H and O–H groups in total. The molecule has 0 spiro atoms. The molecule has 0 amide bonds. The number of hydrogen-bond acceptors (Lipinski definition) is 5. The Bertz CT molecular complexity index is 506. The zero-order chi connectivity index (χ0) is 13.0. The van der Waals surface area contributed by atoms with Crippen LogP contribution in [0.1, 0.15) is 11.5 Å². The highest BCUT2D eigenvalue weighted by Gasteiger charge is 2.01. The number of ether oxygens (including phenoxy) is 2. The van der Waals surface area contributed by atoms with Gasteiger partial charge in [-0.2, -0.15) is 0 Å². The van der Waals surface area contributed by atoms with Crippen molar-refractivity contribution in [1.82, 2.24) is 9.97 Å². The van der Waals surface area contributed by atoms with E-state index in [-0.39, 0.29) is 6.61 Å². The Labute approximate surface area is 106 Å². The van der Waals surface area contributed by atoms with E-state index in [0.29, 0.717) is 11.6 Å². The molecule has 2 aromatic rings. The summed E-state index contributed by atoms with van der Waals surface area (Å²) in [5.74, 6) is 2.55. The topological polar surface area (TPSA) is 70.3 Å². The summed E-state index contributed by atoms with van der Waals surface area (Å²) in [6.07, 6.45) is 0. The number of methoxy groups -OCH3 is 1. The molecule has 0 unspecified atom stereocenters. The Balaban J connectivity index is 2.01. The third-order valence-electron chi connectivity index (χ3n) is 2.35. The molecule has 2 rings (SSSR count). The molecule has 0 aliphatic carbocycles. The van der Waals surface area contributed by atoms with Crippen molar-refractivity contribution >= 4 is 5.82 Å². The molecular formula is C13H15N3O2. The number of nitrogen functional groups attached to an aromatic ring is 1. The molecule has 1 aromatic heterocycles. The van der Waals surface area contributed by atoms with Crippen LogP contribution in [0.15, 0.2) is 30.3 Å². The molecule has 0 radical (unpaired) electrons. The molecule has 0 fully saturated rings. The van der Waals surface area contributed by atoms with Gasteiger partial charge in [-0.1, -0.05) is 0 Å². The number of rotatable bonds is 4. The lowest BCUT2D eigenvalue weighted by Gasteiger charge is -2.07. The van der Waals surface area contributed by atoms with E-state index in [9.17, 15) is 0 Å². The van der Waals surface area contributed by atoms with Crippen LogP contribution in [-0.2, 0) is 6.61 Å². The van der Waals surface area contributed by atoms with Gasteiger partial charge in [-0.25, -0.2) is 9.97 Å². The van der Waals surface area contributed by atoms with Crippen LogP contribution in [0.4, 0.5) is 5.82 Å². The van der Waals surface area contributed by atoms with Crippen LogP contribution in [0.3, 0.4) is 0 Å². The largest absolute Gasteiger partial charge is 0.497 e. The van der Waals surface area contributed by atoms with Crippen LogP contribution in [0.2, 0.25) is 0 Å². The number of hydrogen-bond donors (Lipinski definition) is 1. The summed E-state index contributed by atoms with van der Waals surface area (Å²) in [5.41, 5.74) is 6.47. The van der Waals surface area contributed by atoms with Crippen LogP contribution < -0.4 is 15.2 Å². The zero-order valence-electron chi connectivity index (χ0n) is 10.4. The molecule has 0 aliphatic rings. The summed E-state index contributed by atoms with van der Waals surface area (Å²) < 4.78 is 10.6. The highest BCUT2D eigenvalue weighted by atomic mass is 16.5. The lowest BCUT2D eigenvalue weighted by Crippen LogP contribution is -2.05. The van der Waals surface area contributed by atoms with Gasteiger partial charge in [0.1, 0.15) is 23.9 Å². The van der Waals surface area contributed by atoms with Crippen molar-refractivity contribution in [1.29, 1.82) is 0 Å². The maximum atomic E-state index is 5.64. The Morgan fingerprint density at radius 1 is 1.11 bits per heavy atom. The molecule has 18 heavy (non-hydrogen) atoms. The van der Waals surface area contributed by atoms with Crippen LogP contribution in [0.5, 0.6) is 11.5 Å². The lowest BCUT2D eigenvalue weighted by molar-refractivity contribution is 0.295. The van der Waals surface area contributed by atoms with E-state index in [1.807, 2.05) is 31.2 Å². The minimum atomic E-state index is 0.290. The van der Waals surface area contributed by atoms with E-state index >= 15 is 0 Å². The van der Waals surface area contributed by atoms with Crippen LogP contribution in [0.25, 0.3) is 0 Å². The number of aryl methyl sites for hydroxylation is 1. The first kappa shape index (κ1) is 12.2. The second-order valence-corrected chi connectivity index (χ2v) is 3.81. The van der Waals surface area contributed by atoms with E-state index in [1.165, 1.54) is 0 Å². The fourth-order valence-electron chi connectivity index (χ4n) is 1.54. The normalized spacial score (nSPS) is 10.1. The van der Waals surface area contributed by atoms with Crippen LogP contribution in [-0.4, -0.2) is 17.1 Å². The van der Waals surface area contributed by atoms with Gasteiger partial charge in [0.25, 0.3) is 0 Å². The van der Waals surface area contributed by atoms with Crippen molar-refractivity contribution in [2.24, 2.45) is 0 Å². The van der Waals surface area contributed by atoms with Gasteiger partial charge >= 0.3 is 0 Å². The average molecular weight is 245 g/mol. The number of nitrogens with zero attached hydrogens (tertiary/aromatic N) is 2. The number of nitrogens with two attached hydrogens (primary N) is 1. The van der Waals surface area contributed by atoms with Gasteiger partial charge in [0.15, 0.2) is 5.82 Å². The van der Waals surface area contributed by atoms with Crippen LogP contribution in [0, 0.1) is 6.92 Å². The summed E-state index contributed by atoms with van der Waals surface area (Å²) in [6, 6.07) is 9.05. The van der Waals surface area contributed by atoms with Gasteiger partial charge in [0.05, 0.1) is 7.11 Å². The van der Waals surface area contributed by atoms with Crippen molar-refractivity contribution < 1.29 is 9.47 Å². The van der Waals surface area contributed by atoms with Crippen molar-refractivity contribution in [2.75, 3.05) is 12.8 Å². The average Bonchev–Trinajstić information content (AvgIpc) is 2.36. The summed E-state index contributed by atoms with van der Waals surface area (Å²) in [6.45, 7) is 2.16. The third-order valence-corrected chi connectivity index (χ3v) is 2.35. The van der Waals surface area contributed by atoms with Crippen molar-refractivity contribution in [3.05, 3.63) is 41.9 Å². The highest BCUT2D eigenvalue weighted by molar-refractivity contribution is 5.31. The zero-order valence-corrected chi connectivity index (χ0v) is 10.4. The minimum absolute atomic E-state index is 0.290. The quantitative estimate of drug-likeness (QED) is 0.891. The fraction of sp³-hybridized carbons (Fsp3) is 0.231. The van der Waals surface area contributed by atoms with E-state index in [4.69, 9.17) is 15.2 Å². The molecule has 5 nitrogen and oxygen atoms in total. The molecule has 0 saturated carbocycles. The van der Waals surface area contributed by atoms with Gasteiger partial charge in [0.2, 0.25) is 0 Å². The van der Waals surface area contributed by atoms with Gasteiger partial charge in [-0.3, -0.25) is 0 Å². The second kappa shape index (κ2) is 5.35. The van der Waals surface area contributed by atoms with Gasteiger partial charge < -0.3 is 15.2 Å². The molecular weight excluding hydrogens is 230 g/mol. The lowest BCUT2D eigenvalue weighted by atomic mass is 10.3. The summed E-state index contributed by atoms with van der Waals surface area (Å²) >= 11 is 0. The predicted octanol–water partition coefficient (Wildman–Crippen LogP) is 1.95. The number of anilines is 1. The number of aromatic nitrogens is 2. The van der Waals surface area contributed by atoms with Gasteiger partial charge in [0, 0.05) is 11.8 Å². The van der Waals surface area contributed by atoms with Crippen molar-refractivity contribution in [3.63, 3.8) is 0 Å². The Hall–Kier alpha value is -2.30. The summed E-state index contributed by atoms with van der Waals surface area (Å²) in [7, 11) is 1.62. The first-order valence-electron chi connectivity index (χ1n) is 5.54. The second-order valence-electron chi connectivity index (χ2n) is 3.81. The monoisotopic (exact) mass is 245 g/mol. The smallest absolute Gasteiger partial charge is 0.168 e. The minimum Gasteiger partial charge on any atom is -0.497 e.